The van der Waals surface area contributed by atoms with Crippen molar-refractivity contribution >= 4 is 34.7 Å². The third-order valence-electron chi connectivity index (χ3n) is 6.23. The van der Waals surface area contributed by atoms with Gasteiger partial charge in [0.15, 0.2) is 0 Å². The van der Waals surface area contributed by atoms with Gasteiger partial charge in [-0.3, -0.25) is 14.6 Å². The number of carbonyl (C=O) groups is 3. The van der Waals surface area contributed by atoms with E-state index in [4.69, 9.17) is 17.2 Å². The van der Waals surface area contributed by atoms with Crippen molar-refractivity contribution in [3.8, 4) is 0 Å². The van der Waals surface area contributed by atoms with Crippen molar-refractivity contribution in [2.24, 2.45) is 17.2 Å². The van der Waals surface area contributed by atoms with Gasteiger partial charge in [0.25, 0.3) is 0 Å². The molecule has 1 aromatic heterocycles. The molecule has 3 rings (SSSR count). The van der Waals surface area contributed by atoms with Gasteiger partial charge in [-0.15, -0.1) is 0 Å². The monoisotopic (exact) mass is 549 g/mol. The van der Waals surface area contributed by atoms with Gasteiger partial charge in [-0.1, -0.05) is 48.5 Å². The number of pyridine rings is 1. The van der Waals surface area contributed by atoms with E-state index in [-0.39, 0.29) is 12.3 Å². The van der Waals surface area contributed by atoms with E-state index >= 15 is 0 Å². The van der Waals surface area contributed by atoms with E-state index in [9.17, 15) is 14.4 Å². The standard InChI is InChI=1S/C23H24N4O3.C7H19N3/c24-19(12-13-28)22(29)27-21(11-10-16-6-2-1-3-7-16)23(30)26-18-14-17-8-4-5-9-20(17)25-15-18;1-10(6-2-4-8)7-3-5-9/h1-9,13-15,19,21H,10-12,24H2,(H,26,30)(H,27,29);2-9H2,1H3. The Hall–Kier alpha value is -3.70. The van der Waals surface area contributed by atoms with Gasteiger partial charge in [-0.25, -0.2) is 0 Å². The average molecular weight is 550 g/mol. The van der Waals surface area contributed by atoms with Gasteiger partial charge in [0, 0.05) is 11.8 Å². The van der Waals surface area contributed by atoms with Crippen molar-refractivity contribution < 1.29 is 14.4 Å². The lowest BCUT2D eigenvalue weighted by molar-refractivity contribution is -0.128. The smallest absolute Gasteiger partial charge is 0.247 e. The summed E-state index contributed by atoms with van der Waals surface area (Å²) >= 11 is 0. The van der Waals surface area contributed by atoms with E-state index in [0.29, 0.717) is 24.8 Å². The molecule has 0 fully saturated rings. The number of hydrogen-bond acceptors (Lipinski definition) is 8. The molecular formula is C30H43N7O3. The van der Waals surface area contributed by atoms with Gasteiger partial charge in [0.2, 0.25) is 11.8 Å². The number of carbonyl (C=O) groups excluding carboxylic acids is 3. The van der Waals surface area contributed by atoms with Gasteiger partial charge < -0.3 is 37.5 Å². The van der Waals surface area contributed by atoms with Crippen LogP contribution in [0, 0.1) is 0 Å². The highest BCUT2D eigenvalue weighted by Gasteiger charge is 2.24. The molecule has 2 atom stereocenters. The van der Waals surface area contributed by atoms with Crippen LogP contribution < -0.4 is 27.8 Å². The lowest BCUT2D eigenvalue weighted by Gasteiger charge is -2.20. The first-order valence-electron chi connectivity index (χ1n) is 13.7. The molecule has 0 spiro atoms. The summed E-state index contributed by atoms with van der Waals surface area (Å²) in [7, 11) is 2.10. The van der Waals surface area contributed by atoms with Crippen molar-refractivity contribution in [1.29, 1.82) is 0 Å². The van der Waals surface area contributed by atoms with Gasteiger partial charge in [-0.2, -0.15) is 0 Å². The summed E-state index contributed by atoms with van der Waals surface area (Å²) in [6, 6.07) is 17.3. The van der Waals surface area contributed by atoms with Crippen LogP contribution in [0.5, 0.6) is 0 Å². The fraction of sp³-hybridized carbons (Fsp3) is 0.400. The molecule has 0 bridgehead atoms. The van der Waals surface area contributed by atoms with Crippen molar-refractivity contribution in [3.05, 3.63) is 72.4 Å². The van der Waals surface area contributed by atoms with Crippen LogP contribution in [0.3, 0.4) is 0 Å². The first-order valence-corrected chi connectivity index (χ1v) is 13.7. The summed E-state index contributed by atoms with van der Waals surface area (Å²) < 4.78 is 0. The highest BCUT2D eigenvalue weighted by atomic mass is 16.2. The van der Waals surface area contributed by atoms with Crippen LogP contribution in [0.2, 0.25) is 0 Å². The van der Waals surface area contributed by atoms with E-state index in [1.807, 2.05) is 60.7 Å². The molecule has 0 radical (unpaired) electrons. The second-order valence-electron chi connectivity index (χ2n) is 9.59. The van der Waals surface area contributed by atoms with Gasteiger partial charge in [0.05, 0.1) is 23.4 Å². The summed E-state index contributed by atoms with van der Waals surface area (Å²) in [5.74, 6) is -0.901. The Morgan fingerprint density at radius 2 is 1.62 bits per heavy atom. The average Bonchev–Trinajstić information content (AvgIpc) is 2.97. The highest BCUT2D eigenvalue weighted by Crippen LogP contribution is 2.17. The number of nitrogens with one attached hydrogen (secondary N) is 2. The molecule has 216 valence electrons. The molecule has 2 unspecified atom stereocenters. The molecular weight excluding hydrogens is 506 g/mol. The number of para-hydroxylation sites is 1. The maximum Gasteiger partial charge on any atom is 0.247 e. The quantitative estimate of drug-likeness (QED) is 0.179. The Bertz CT molecular complexity index is 1170. The largest absolute Gasteiger partial charge is 0.343 e. The Morgan fingerprint density at radius 1 is 0.975 bits per heavy atom. The molecule has 0 saturated heterocycles. The Kier molecular flexibility index (Phi) is 15.1. The number of aldehydes is 1. The van der Waals surface area contributed by atoms with E-state index in [1.165, 1.54) is 0 Å². The number of aromatic nitrogens is 1. The number of nitrogens with zero attached hydrogens (tertiary/aromatic N) is 2. The SMILES string of the molecule is CN(CCCN)CCCN.NC(CC=O)C(=O)NC(CCc1ccccc1)C(=O)Nc1cnc2ccccc2c1. The minimum absolute atomic E-state index is 0.104. The van der Waals surface area contributed by atoms with E-state index < -0.39 is 18.0 Å². The van der Waals surface area contributed by atoms with E-state index in [1.54, 1.807) is 6.20 Å². The topological polar surface area (TPSA) is 169 Å². The van der Waals surface area contributed by atoms with Crippen molar-refractivity contribution in [3.63, 3.8) is 0 Å². The molecule has 0 aliphatic heterocycles. The minimum Gasteiger partial charge on any atom is -0.343 e. The van der Waals surface area contributed by atoms with Crippen LogP contribution in [0.1, 0.15) is 31.2 Å². The zero-order valence-electron chi connectivity index (χ0n) is 23.3. The molecule has 40 heavy (non-hydrogen) atoms. The van der Waals surface area contributed by atoms with Crippen LogP contribution in [-0.2, 0) is 20.8 Å². The predicted molar refractivity (Wildman–Crippen MR) is 161 cm³/mol. The van der Waals surface area contributed by atoms with Crippen molar-refractivity contribution in [2.45, 2.75) is 44.2 Å². The molecule has 0 aliphatic carbocycles. The Morgan fingerprint density at radius 3 is 2.27 bits per heavy atom. The fourth-order valence-electron chi connectivity index (χ4n) is 3.92. The molecule has 8 N–H and O–H groups in total. The third-order valence-corrected chi connectivity index (χ3v) is 6.23. The number of fused-ring (bicyclic) bond motifs is 1. The maximum atomic E-state index is 12.9. The van der Waals surface area contributed by atoms with Crippen LogP contribution >= 0.6 is 0 Å². The van der Waals surface area contributed by atoms with E-state index in [2.05, 4.69) is 27.6 Å². The number of amides is 2. The second kappa shape index (κ2) is 18.6. The minimum atomic E-state index is -0.989. The highest BCUT2D eigenvalue weighted by molar-refractivity contribution is 5.99. The molecule has 3 aromatic rings. The maximum absolute atomic E-state index is 12.9. The number of rotatable bonds is 15. The van der Waals surface area contributed by atoms with Crippen molar-refractivity contribution in [2.75, 3.05) is 38.5 Å². The fourth-order valence-corrected chi connectivity index (χ4v) is 3.92. The molecule has 10 heteroatoms. The summed E-state index contributed by atoms with van der Waals surface area (Å²) in [5, 5.41) is 6.39. The van der Waals surface area contributed by atoms with Gasteiger partial charge >= 0.3 is 0 Å². The Labute approximate surface area is 236 Å². The first kappa shape index (κ1) is 32.5. The zero-order valence-corrected chi connectivity index (χ0v) is 23.3. The molecule has 0 saturated carbocycles. The first-order chi connectivity index (χ1) is 19.4. The summed E-state index contributed by atoms with van der Waals surface area (Å²) in [4.78, 5) is 42.5. The van der Waals surface area contributed by atoms with Crippen LogP contribution in [0.25, 0.3) is 10.9 Å². The van der Waals surface area contributed by atoms with Crippen LogP contribution in [0.4, 0.5) is 5.69 Å². The molecule has 10 nitrogen and oxygen atoms in total. The molecule has 1 heterocycles. The van der Waals surface area contributed by atoms with Gasteiger partial charge in [0.1, 0.15) is 12.3 Å². The number of nitrogens with two attached hydrogens (primary N) is 3. The Balaban J connectivity index is 0.000000478. The van der Waals surface area contributed by atoms with Gasteiger partial charge in [-0.05, 0) is 76.6 Å². The predicted octanol–water partition coefficient (Wildman–Crippen LogP) is 1.82. The number of hydrogen-bond donors (Lipinski definition) is 5. The van der Waals surface area contributed by atoms with Crippen molar-refractivity contribution in [1.82, 2.24) is 15.2 Å². The molecule has 2 amide bonds. The van der Waals surface area contributed by atoms with Crippen LogP contribution in [0.15, 0.2) is 66.9 Å². The molecule has 0 aliphatic rings. The summed E-state index contributed by atoms with van der Waals surface area (Å²) in [5.41, 5.74) is 18.8. The lowest BCUT2D eigenvalue weighted by Crippen LogP contribution is -2.50. The number of anilines is 1. The zero-order chi connectivity index (χ0) is 29.2. The normalized spacial score (nSPS) is 12.2. The number of aryl methyl sites for hydroxylation is 1. The van der Waals surface area contributed by atoms with Crippen LogP contribution in [-0.4, -0.2) is 73.3 Å². The number of benzene rings is 2. The third kappa shape index (κ3) is 12.0. The van der Waals surface area contributed by atoms with E-state index in [0.717, 1.165) is 55.5 Å². The second-order valence-corrected chi connectivity index (χ2v) is 9.59. The molecule has 2 aromatic carbocycles. The lowest BCUT2D eigenvalue weighted by atomic mass is 10.0. The summed E-state index contributed by atoms with van der Waals surface area (Å²) in [6.45, 7) is 3.76. The summed E-state index contributed by atoms with van der Waals surface area (Å²) in [6.07, 6.45) is 5.21.